The molecule has 0 spiro atoms. The number of para-hydroxylation sites is 1. The monoisotopic (exact) mass is 378 g/mol. The van der Waals surface area contributed by atoms with E-state index in [1.807, 2.05) is 38.1 Å². The molecule has 0 radical (unpaired) electrons. The molecule has 2 rings (SSSR count). The van der Waals surface area contributed by atoms with Crippen LogP contribution in [-0.4, -0.2) is 27.1 Å². The van der Waals surface area contributed by atoms with Crippen molar-refractivity contribution in [3.63, 3.8) is 0 Å². The Balaban J connectivity index is 2.11. The van der Waals surface area contributed by atoms with Crippen LogP contribution in [0, 0.1) is 5.82 Å². The molecular weight excluding hydrogens is 355 g/mol. The number of nitrogens with zero attached hydrogens (tertiary/aromatic N) is 1. The molecule has 0 bridgehead atoms. The minimum absolute atomic E-state index is 0.0456. The van der Waals surface area contributed by atoms with Crippen molar-refractivity contribution in [3.05, 3.63) is 59.9 Å². The van der Waals surface area contributed by atoms with Crippen LogP contribution in [0.5, 0.6) is 0 Å². The second kappa shape index (κ2) is 8.31. The van der Waals surface area contributed by atoms with Gasteiger partial charge in [0.25, 0.3) is 0 Å². The van der Waals surface area contributed by atoms with Crippen LogP contribution in [0.4, 0.5) is 15.8 Å². The summed E-state index contributed by atoms with van der Waals surface area (Å²) in [7, 11) is -3.64. The average molecular weight is 378 g/mol. The van der Waals surface area contributed by atoms with Crippen molar-refractivity contribution >= 4 is 27.3 Å². The number of hydrogen-bond acceptors (Lipinski definition) is 3. The van der Waals surface area contributed by atoms with Gasteiger partial charge >= 0.3 is 0 Å². The molecule has 26 heavy (non-hydrogen) atoms. The van der Waals surface area contributed by atoms with E-state index in [0.717, 1.165) is 22.2 Å². The van der Waals surface area contributed by atoms with E-state index in [-0.39, 0.29) is 30.5 Å². The van der Waals surface area contributed by atoms with Crippen LogP contribution in [0.15, 0.2) is 48.5 Å². The van der Waals surface area contributed by atoms with Crippen LogP contribution in [-0.2, 0) is 14.8 Å². The summed E-state index contributed by atoms with van der Waals surface area (Å²) in [4.78, 5) is 12.3. The molecule has 1 amide bonds. The van der Waals surface area contributed by atoms with Crippen molar-refractivity contribution in [1.29, 1.82) is 0 Å². The van der Waals surface area contributed by atoms with E-state index in [0.29, 0.717) is 5.69 Å². The highest BCUT2D eigenvalue weighted by Crippen LogP contribution is 2.24. The number of carbonyl (C=O) groups excluding carboxylic acids is 1. The summed E-state index contributed by atoms with van der Waals surface area (Å²) in [6.45, 7) is 3.98. The smallest absolute Gasteiger partial charge is 0.232 e. The van der Waals surface area contributed by atoms with Crippen LogP contribution in [0.1, 0.15) is 31.7 Å². The quantitative estimate of drug-likeness (QED) is 0.798. The SMILES string of the molecule is CC(C)c1ccccc1NC(=O)CCN(c1cccc(F)c1)S(C)(=O)=O. The second-order valence-electron chi connectivity index (χ2n) is 6.36. The normalized spacial score (nSPS) is 11.4. The van der Waals surface area contributed by atoms with E-state index in [1.54, 1.807) is 0 Å². The molecule has 0 aliphatic carbocycles. The first-order chi connectivity index (χ1) is 12.2. The number of sulfonamides is 1. The van der Waals surface area contributed by atoms with E-state index >= 15 is 0 Å². The van der Waals surface area contributed by atoms with Crippen molar-refractivity contribution in [3.8, 4) is 0 Å². The zero-order chi connectivity index (χ0) is 19.3. The first-order valence-electron chi connectivity index (χ1n) is 8.30. The molecule has 0 aliphatic heterocycles. The molecule has 0 unspecified atom stereocenters. The average Bonchev–Trinajstić information content (AvgIpc) is 2.54. The number of anilines is 2. The van der Waals surface area contributed by atoms with Gasteiger partial charge in [-0.05, 0) is 35.7 Å². The largest absolute Gasteiger partial charge is 0.326 e. The Morgan fingerprint density at radius 1 is 1.15 bits per heavy atom. The summed E-state index contributed by atoms with van der Waals surface area (Å²) >= 11 is 0. The summed E-state index contributed by atoms with van der Waals surface area (Å²) < 4.78 is 38.5. The van der Waals surface area contributed by atoms with Gasteiger partial charge in [-0.15, -0.1) is 0 Å². The van der Waals surface area contributed by atoms with Gasteiger partial charge in [0.1, 0.15) is 5.82 Å². The number of carbonyl (C=O) groups is 1. The van der Waals surface area contributed by atoms with Crippen LogP contribution < -0.4 is 9.62 Å². The Labute approximate surface area is 153 Å². The predicted molar refractivity (Wildman–Crippen MR) is 102 cm³/mol. The predicted octanol–water partition coefficient (Wildman–Crippen LogP) is 3.74. The molecule has 0 fully saturated rings. The molecule has 7 heteroatoms. The number of halogens is 1. The molecule has 2 aromatic rings. The van der Waals surface area contributed by atoms with Gasteiger partial charge in [-0.2, -0.15) is 0 Å². The lowest BCUT2D eigenvalue weighted by atomic mass is 10.0. The summed E-state index contributed by atoms with van der Waals surface area (Å²) in [5, 5.41) is 2.83. The van der Waals surface area contributed by atoms with Gasteiger partial charge in [0.05, 0.1) is 11.9 Å². The fourth-order valence-electron chi connectivity index (χ4n) is 2.65. The van der Waals surface area contributed by atoms with Crippen LogP contribution in [0.3, 0.4) is 0 Å². The van der Waals surface area contributed by atoms with Gasteiger partial charge in [-0.25, -0.2) is 12.8 Å². The maximum absolute atomic E-state index is 13.4. The molecule has 5 nitrogen and oxygen atoms in total. The number of rotatable bonds is 7. The zero-order valence-electron chi connectivity index (χ0n) is 15.1. The zero-order valence-corrected chi connectivity index (χ0v) is 15.9. The minimum atomic E-state index is -3.64. The molecule has 0 atom stereocenters. The van der Waals surface area contributed by atoms with E-state index in [2.05, 4.69) is 5.32 Å². The van der Waals surface area contributed by atoms with Crippen molar-refractivity contribution < 1.29 is 17.6 Å². The number of nitrogens with one attached hydrogen (secondary N) is 1. The molecule has 0 saturated heterocycles. The summed E-state index contributed by atoms with van der Waals surface area (Å²) in [6.07, 6.45) is 0.986. The molecule has 0 heterocycles. The fourth-order valence-corrected chi connectivity index (χ4v) is 3.57. The number of amides is 1. The Kier molecular flexibility index (Phi) is 6.37. The third-order valence-electron chi connectivity index (χ3n) is 3.90. The third-order valence-corrected chi connectivity index (χ3v) is 5.09. The van der Waals surface area contributed by atoms with Gasteiger partial charge in [0, 0.05) is 18.7 Å². The molecule has 0 aliphatic rings. The van der Waals surface area contributed by atoms with Crippen LogP contribution >= 0.6 is 0 Å². The molecule has 0 aromatic heterocycles. The lowest BCUT2D eigenvalue weighted by Gasteiger charge is -2.22. The van der Waals surface area contributed by atoms with Gasteiger partial charge in [0.2, 0.25) is 15.9 Å². The molecule has 2 aromatic carbocycles. The minimum Gasteiger partial charge on any atom is -0.326 e. The summed E-state index contributed by atoms with van der Waals surface area (Å²) in [5.74, 6) is -0.596. The lowest BCUT2D eigenvalue weighted by Crippen LogP contribution is -2.33. The second-order valence-corrected chi connectivity index (χ2v) is 8.26. The summed E-state index contributed by atoms with van der Waals surface area (Å²) in [6, 6.07) is 12.8. The molecular formula is C19H23FN2O3S. The van der Waals surface area contributed by atoms with Crippen LogP contribution in [0.25, 0.3) is 0 Å². The maximum Gasteiger partial charge on any atom is 0.232 e. The Hall–Kier alpha value is -2.41. The van der Waals surface area contributed by atoms with E-state index < -0.39 is 15.8 Å². The van der Waals surface area contributed by atoms with E-state index in [4.69, 9.17) is 0 Å². The Morgan fingerprint density at radius 3 is 2.46 bits per heavy atom. The maximum atomic E-state index is 13.4. The number of hydrogen-bond donors (Lipinski definition) is 1. The Bertz CT molecular complexity index is 882. The number of benzene rings is 2. The van der Waals surface area contributed by atoms with Gasteiger partial charge in [0.15, 0.2) is 0 Å². The van der Waals surface area contributed by atoms with Crippen LogP contribution in [0.2, 0.25) is 0 Å². The highest BCUT2D eigenvalue weighted by atomic mass is 32.2. The molecule has 1 N–H and O–H groups in total. The first-order valence-corrected chi connectivity index (χ1v) is 10.2. The lowest BCUT2D eigenvalue weighted by molar-refractivity contribution is -0.116. The highest BCUT2D eigenvalue weighted by Gasteiger charge is 2.19. The van der Waals surface area contributed by atoms with E-state index in [1.165, 1.54) is 18.2 Å². The van der Waals surface area contributed by atoms with Gasteiger partial charge < -0.3 is 5.32 Å². The highest BCUT2D eigenvalue weighted by molar-refractivity contribution is 7.92. The first kappa shape index (κ1) is 19.9. The van der Waals surface area contributed by atoms with Gasteiger partial charge in [-0.3, -0.25) is 9.10 Å². The van der Waals surface area contributed by atoms with Gasteiger partial charge in [-0.1, -0.05) is 38.1 Å². The topological polar surface area (TPSA) is 66.5 Å². The van der Waals surface area contributed by atoms with Crippen molar-refractivity contribution in [2.45, 2.75) is 26.2 Å². The fraction of sp³-hybridized carbons (Fsp3) is 0.316. The van der Waals surface area contributed by atoms with Crippen molar-refractivity contribution in [2.75, 3.05) is 22.4 Å². The van der Waals surface area contributed by atoms with Crippen molar-refractivity contribution in [2.24, 2.45) is 0 Å². The van der Waals surface area contributed by atoms with Crippen molar-refractivity contribution in [1.82, 2.24) is 0 Å². The molecule has 140 valence electrons. The third kappa shape index (κ3) is 5.29. The van der Waals surface area contributed by atoms with E-state index in [9.17, 15) is 17.6 Å². The molecule has 0 saturated carbocycles. The summed E-state index contributed by atoms with van der Waals surface area (Å²) in [5.41, 5.74) is 1.91. The Morgan fingerprint density at radius 2 is 1.85 bits per heavy atom. The standard InChI is InChI=1S/C19H23FN2O3S/c1-14(2)17-9-4-5-10-18(17)21-19(23)11-12-22(26(3,24)25)16-8-6-7-15(20)13-16/h4-10,13-14H,11-12H2,1-3H3,(H,21,23).